The number of unbranched alkanes of at least 4 members (excludes halogenated alkanes) is 1. The molecule has 1 saturated heterocycles. The molecular weight excluding hydrogens is 262 g/mol. The van der Waals surface area contributed by atoms with Crippen molar-refractivity contribution in [2.45, 2.75) is 59.4 Å². The fourth-order valence-corrected chi connectivity index (χ4v) is 2.86. The van der Waals surface area contributed by atoms with E-state index in [0.717, 1.165) is 38.4 Å². The van der Waals surface area contributed by atoms with Gasteiger partial charge in [0.25, 0.3) is 0 Å². The Morgan fingerprint density at radius 2 is 1.90 bits per heavy atom. The molecule has 4 nitrogen and oxygen atoms in total. The Labute approximate surface area is 131 Å². The van der Waals surface area contributed by atoms with Gasteiger partial charge < -0.3 is 15.5 Å². The standard InChI is InChI=1S/C17H35N3O/c1-6-7-10-19(5)13-14-8-11-20(12-9-14)16(21)15(18)17(2,3)4/h14-15H,6-13,18H2,1-5H3. The molecule has 0 aromatic rings. The number of carbonyl (C=O) groups is 1. The molecule has 0 spiro atoms. The average Bonchev–Trinajstić information content (AvgIpc) is 2.43. The fraction of sp³-hybridized carbons (Fsp3) is 0.941. The maximum Gasteiger partial charge on any atom is 0.240 e. The summed E-state index contributed by atoms with van der Waals surface area (Å²) in [6.45, 7) is 12.4. The molecule has 1 rings (SSSR count). The van der Waals surface area contributed by atoms with Gasteiger partial charge in [0.2, 0.25) is 5.91 Å². The molecule has 0 bridgehead atoms. The molecule has 0 aromatic heterocycles. The number of carbonyl (C=O) groups excluding carboxylic acids is 1. The van der Waals surface area contributed by atoms with Crippen molar-refractivity contribution >= 4 is 5.91 Å². The minimum atomic E-state index is -0.388. The fourth-order valence-electron chi connectivity index (χ4n) is 2.86. The van der Waals surface area contributed by atoms with E-state index in [1.165, 1.54) is 19.4 Å². The molecule has 1 heterocycles. The summed E-state index contributed by atoms with van der Waals surface area (Å²) in [5, 5.41) is 0. The summed E-state index contributed by atoms with van der Waals surface area (Å²) in [6.07, 6.45) is 4.74. The largest absolute Gasteiger partial charge is 0.341 e. The molecule has 0 aromatic carbocycles. The zero-order valence-corrected chi connectivity index (χ0v) is 14.7. The van der Waals surface area contributed by atoms with Gasteiger partial charge in [-0.05, 0) is 44.2 Å². The van der Waals surface area contributed by atoms with Crippen molar-refractivity contribution in [2.24, 2.45) is 17.1 Å². The Bertz CT molecular complexity index is 316. The summed E-state index contributed by atoms with van der Waals surface area (Å²) in [6, 6.07) is -0.388. The number of hydrogen-bond acceptors (Lipinski definition) is 3. The van der Waals surface area contributed by atoms with Crippen molar-refractivity contribution in [3.63, 3.8) is 0 Å². The highest BCUT2D eigenvalue weighted by atomic mass is 16.2. The van der Waals surface area contributed by atoms with E-state index in [-0.39, 0.29) is 17.4 Å². The van der Waals surface area contributed by atoms with Crippen LogP contribution in [0.25, 0.3) is 0 Å². The molecule has 1 amide bonds. The van der Waals surface area contributed by atoms with Crippen LogP contribution in [0.3, 0.4) is 0 Å². The number of nitrogens with zero attached hydrogens (tertiary/aromatic N) is 2. The lowest BCUT2D eigenvalue weighted by Crippen LogP contribution is -2.52. The Kier molecular flexibility index (Phi) is 7.14. The van der Waals surface area contributed by atoms with E-state index >= 15 is 0 Å². The third-order valence-corrected chi connectivity index (χ3v) is 4.59. The van der Waals surface area contributed by atoms with Gasteiger partial charge in [-0.15, -0.1) is 0 Å². The van der Waals surface area contributed by atoms with Crippen LogP contribution in [0.4, 0.5) is 0 Å². The number of likely N-dealkylation sites (tertiary alicyclic amines) is 1. The highest BCUT2D eigenvalue weighted by Gasteiger charge is 2.32. The molecule has 0 saturated carbocycles. The molecule has 4 heteroatoms. The van der Waals surface area contributed by atoms with E-state index in [1.54, 1.807) is 0 Å². The van der Waals surface area contributed by atoms with E-state index in [1.807, 2.05) is 25.7 Å². The van der Waals surface area contributed by atoms with Crippen LogP contribution in [0, 0.1) is 11.3 Å². The van der Waals surface area contributed by atoms with Gasteiger partial charge in [0.1, 0.15) is 0 Å². The topological polar surface area (TPSA) is 49.6 Å². The number of piperidine rings is 1. The van der Waals surface area contributed by atoms with Crippen LogP contribution in [0.15, 0.2) is 0 Å². The third kappa shape index (κ3) is 5.95. The first-order valence-corrected chi connectivity index (χ1v) is 8.48. The van der Waals surface area contributed by atoms with Crippen LogP contribution in [0.1, 0.15) is 53.4 Å². The van der Waals surface area contributed by atoms with Crippen molar-refractivity contribution < 1.29 is 4.79 Å². The lowest BCUT2D eigenvalue weighted by Gasteiger charge is -2.37. The van der Waals surface area contributed by atoms with Crippen LogP contribution in [-0.2, 0) is 4.79 Å². The lowest BCUT2D eigenvalue weighted by molar-refractivity contribution is -0.136. The van der Waals surface area contributed by atoms with Crippen molar-refractivity contribution in [1.29, 1.82) is 0 Å². The average molecular weight is 297 g/mol. The van der Waals surface area contributed by atoms with E-state index in [2.05, 4.69) is 18.9 Å². The maximum absolute atomic E-state index is 12.4. The van der Waals surface area contributed by atoms with Crippen molar-refractivity contribution in [3.8, 4) is 0 Å². The van der Waals surface area contributed by atoms with Crippen LogP contribution >= 0.6 is 0 Å². The van der Waals surface area contributed by atoms with Crippen molar-refractivity contribution in [3.05, 3.63) is 0 Å². The lowest BCUT2D eigenvalue weighted by atomic mass is 9.86. The van der Waals surface area contributed by atoms with Gasteiger partial charge in [0.05, 0.1) is 6.04 Å². The second kappa shape index (κ2) is 8.14. The van der Waals surface area contributed by atoms with Crippen LogP contribution in [0.2, 0.25) is 0 Å². The maximum atomic E-state index is 12.4. The molecule has 0 radical (unpaired) electrons. The minimum absolute atomic E-state index is 0.125. The number of amides is 1. The quantitative estimate of drug-likeness (QED) is 0.818. The van der Waals surface area contributed by atoms with Gasteiger partial charge in [0, 0.05) is 19.6 Å². The monoisotopic (exact) mass is 297 g/mol. The second-order valence-electron chi connectivity index (χ2n) is 7.73. The van der Waals surface area contributed by atoms with Gasteiger partial charge in [-0.25, -0.2) is 0 Å². The van der Waals surface area contributed by atoms with Crippen LogP contribution in [0.5, 0.6) is 0 Å². The van der Waals surface area contributed by atoms with E-state index in [9.17, 15) is 4.79 Å². The molecule has 124 valence electrons. The summed E-state index contributed by atoms with van der Waals surface area (Å²) in [7, 11) is 2.21. The summed E-state index contributed by atoms with van der Waals surface area (Å²) in [5.74, 6) is 0.849. The SMILES string of the molecule is CCCCN(C)CC1CCN(C(=O)C(N)C(C)(C)C)CC1. The number of nitrogens with two attached hydrogens (primary N) is 1. The van der Waals surface area contributed by atoms with Gasteiger partial charge in [-0.2, -0.15) is 0 Å². The second-order valence-corrected chi connectivity index (χ2v) is 7.73. The molecule has 1 unspecified atom stereocenters. The molecule has 1 aliphatic heterocycles. The van der Waals surface area contributed by atoms with Crippen molar-refractivity contribution in [1.82, 2.24) is 9.80 Å². The van der Waals surface area contributed by atoms with Gasteiger partial charge in [-0.3, -0.25) is 4.79 Å². The Morgan fingerprint density at radius 1 is 1.33 bits per heavy atom. The number of rotatable bonds is 6. The highest BCUT2D eigenvalue weighted by molar-refractivity contribution is 5.82. The number of hydrogen-bond donors (Lipinski definition) is 1. The van der Waals surface area contributed by atoms with E-state index in [0.29, 0.717) is 0 Å². The summed E-state index contributed by atoms with van der Waals surface area (Å²) < 4.78 is 0. The van der Waals surface area contributed by atoms with E-state index in [4.69, 9.17) is 5.73 Å². The molecule has 2 N–H and O–H groups in total. The van der Waals surface area contributed by atoms with E-state index < -0.39 is 0 Å². The Balaban J connectivity index is 2.36. The smallest absolute Gasteiger partial charge is 0.240 e. The minimum Gasteiger partial charge on any atom is -0.341 e. The predicted molar refractivity (Wildman–Crippen MR) is 89.1 cm³/mol. The Hall–Kier alpha value is -0.610. The zero-order chi connectivity index (χ0) is 16.0. The molecular formula is C17H35N3O. The third-order valence-electron chi connectivity index (χ3n) is 4.59. The van der Waals surface area contributed by atoms with Gasteiger partial charge >= 0.3 is 0 Å². The van der Waals surface area contributed by atoms with Crippen molar-refractivity contribution in [2.75, 3.05) is 33.2 Å². The Morgan fingerprint density at radius 3 is 2.38 bits per heavy atom. The first kappa shape index (κ1) is 18.4. The molecule has 0 aliphatic carbocycles. The molecule has 1 atom stereocenters. The normalized spacial score (nSPS) is 19.1. The zero-order valence-electron chi connectivity index (χ0n) is 14.7. The predicted octanol–water partition coefficient (Wildman–Crippen LogP) is 2.33. The highest BCUT2D eigenvalue weighted by Crippen LogP contribution is 2.23. The summed E-state index contributed by atoms with van der Waals surface area (Å²) >= 11 is 0. The summed E-state index contributed by atoms with van der Waals surface area (Å²) in [4.78, 5) is 16.8. The first-order valence-electron chi connectivity index (χ1n) is 8.48. The van der Waals surface area contributed by atoms with Crippen LogP contribution < -0.4 is 5.73 Å². The molecule has 1 aliphatic rings. The van der Waals surface area contributed by atoms with Gasteiger partial charge in [0.15, 0.2) is 0 Å². The molecule has 21 heavy (non-hydrogen) atoms. The first-order chi connectivity index (χ1) is 9.75. The summed E-state index contributed by atoms with van der Waals surface area (Å²) in [5.41, 5.74) is 5.94. The van der Waals surface area contributed by atoms with Crippen LogP contribution in [-0.4, -0.2) is 55.0 Å². The van der Waals surface area contributed by atoms with Gasteiger partial charge in [-0.1, -0.05) is 34.1 Å². The molecule has 1 fully saturated rings.